The van der Waals surface area contributed by atoms with Crippen LogP contribution >= 0.6 is 0 Å². The molecular formula is C29H32N8O2S. The fraction of sp³-hybridized carbons (Fsp3) is 0.379. The Morgan fingerprint density at radius 1 is 0.950 bits per heavy atom. The van der Waals surface area contributed by atoms with Gasteiger partial charge in [0.25, 0.3) is 0 Å². The van der Waals surface area contributed by atoms with Gasteiger partial charge in [0.15, 0.2) is 15.5 Å². The number of fused-ring (bicyclic) bond motifs is 2. The van der Waals surface area contributed by atoms with Gasteiger partial charge >= 0.3 is 0 Å². The number of sulfone groups is 1. The number of H-pyrrole nitrogens is 1. The van der Waals surface area contributed by atoms with Crippen LogP contribution < -0.4 is 5.73 Å². The molecule has 0 radical (unpaired) electrons. The average molecular weight is 557 g/mol. The molecule has 2 aromatic carbocycles. The standard InChI is InChI=1S/C29H32N8O2S/c30-28-26-27(20-6-11-23-24(17-20)34-25(33-23)16-19-4-2-1-3-5-19)35-37(29(26)32-18-31-28)22-9-7-21(8-10-22)36-12-14-40(38,39)15-13-36/h1-6,11,17-18,21-22H,7-10,12-16H2,(H,33,34)(H2,30,31,32). The second kappa shape index (κ2) is 9.97. The van der Waals surface area contributed by atoms with E-state index in [1.807, 2.05) is 35.0 Å². The lowest BCUT2D eigenvalue weighted by Gasteiger charge is -2.38. The van der Waals surface area contributed by atoms with Crippen LogP contribution in [0, 0.1) is 0 Å². The van der Waals surface area contributed by atoms with E-state index in [1.165, 1.54) is 11.9 Å². The number of hydrogen-bond donors (Lipinski definition) is 2. The third-order valence-corrected chi connectivity index (χ3v) is 10.1. The largest absolute Gasteiger partial charge is 0.383 e. The Balaban J connectivity index is 1.16. The highest BCUT2D eigenvalue weighted by Gasteiger charge is 2.32. The van der Waals surface area contributed by atoms with Crippen molar-refractivity contribution in [2.45, 2.75) is 44.2 Å². The molecule has 0 amide bonds. The Bertz CT molecular complexity index is 1780. The number of rotatable bonds is 5. The summed E-state index contributed by atoms with van der Waals surface area (Å²) in [6.07, 6.45) is 6.16. The van der Waals surface area contributed by atoms with Gasteiger partial charge in [0.05, 0.1) is 34.0 Å². The van der Waals surface area contributed by atoms with Crippen molar-refractivity contribution < 1.29 is 8.42 Å². The van der Waals surface area contributed by atoms with Crippen molar-refractivity contribution in [3.8, 4) is 11.3 Å². The minimum absolute atomic E-state index is 0.198. The van der Waals surface area contributed by atoms with Crippen molar-refractivity contribution in [3.05, 3.63) is 66.2 Å². The van der Waals surface area contributed by atoms with Gasteiger partial charge < -0.3 is 10.7 Å². The minimum Gasteiger partial charge on any atom is -0.383 e. The molecule has 1 saturated heterocycles. The molecule has 0 unspecified atom stereocenters. The number of nitrogens with two attached hydrogens (primary N) is 1. The Kier molecular flexibility index (Phi) is 6.27. The average Bonchev–Trinajstić information content (AvgIpc) is 3.55. The van der Waals surface area contributed by atoms with Gasteiger partial charge in [-0.1, -0.05) is 36.4 Å². The van der Waals surface area contributed by atoms with Crippen LogP contribution in [0.3, 0.4) is 0 Å². The molecule has 206 valence electrons. The first-order valence-corrected chi connectivity index (χ1v) is 15.7. The van der Waals surface area contributed by atoms with E-state index in [0.29, 0.717) is 24.9 Å². The van der Waals surface area contributed by atoms with Gasteiger partial charge in [-0.15, -0.1) is 0 Å². The lowest BCUT2D eigenvalue weighted by Crippen LogP contribution is -2.47. The number of anilines is 1. The van der Waals surface area contributed by atoms with Crippen molar-refractivity contribution in [3.63, 3.8) is 0 Å². The normalized spacial score (nSPS) is 21.7. The lowest BCUT2D eigenvalue weighted by molar-refractivity contribution is 0.145. The molecule has 3 aromatic heterocycles. The number of benzene rings is 2. The summed E-state index contributed by atoms with van der Waals surface area (Å²) >= 11 is 0. The molecule has 10 nitrogen and oxygen atoms in total. The molecule has 3 N–H and O–H groups in total. The maximum Gasteiger partial charge on any atom is 0.164 e. The lowest BCUT2D eigenvalue weighted by atomic mass is 9.90. The summed E-state index contributed by atoms with van der Waals surface area (Å²) in [6, 6.07) is 17.0. The fourth-order valence-corrected chi connectivity index (χ4v) is 7.52. The summed E-state index contributed by atoms with van der Waals surface area (Å²) in [4.78, 5) is 19.5. The predicted octanol–water partition coefficient (Wildman–Crippen LogP) is 3.76. The van der Waals surface area contributed by atoms with Crippen molar-refractivity contribution in [2.24, 2.45) is 0 Å². The van der Waals surface area contributed by atoms with E-state index in [9.17, 15) is 8.42 Å². The predicted molar refractivity (Wildman–Crippen MR) is 156 cm³/mol. The van der Waals surface area contributed by atoms with Crippen LogP contribution in [-0.4, -0.2) is 73.7 Å². The number of hydrogen-bond acceptors (Lipinski definition) is 8. The smallest absolute Gasteiger partial charge is 0.164 e. The van der Waals surface area contributed by atoms with Crippen LogP contribution in [-0.2, 0) is 16.3 Å². The zero-order valence-corrected chi connectivity index (χ0v) is 23.0. The number of nitrogen functional groups attached to an aromatic ring is 1. The second-order valence-electron chi connectivity index (χ2n) is 11.0. The van der Waals surface area contributed by atoms with Crippen molar-refractivity contribution >= 4 is 37.7 Å². The van der Waals surface area contributed by atoms with E-state index in [-0.39, 0.29) is 17.5 Å². The van der Waals surface area contributed by atoms with E-state index in [4.69, 9.17) is 15.8 Å². The van der Waals surface area contributed by atoms with Crippen molar-refractivity contribution in [1.82, 2.24) is 34.6 Å². The highest BCUT2D eigenvalue weighted by Crippen LogP contribution is 2.37. The Labute approximate surface area is 232 Å². The third-order valence-electron chi connectivity index (χ3n) is 8.44. The molecule has 1 aliphatic carbocycles. The van der Waals surface area contributed by atoms with Crippen molar-refractivity contribution in [2.75, 3.05) is 30.3 Å². The molecule has 7 rings (SSSR count). The molecule has 4 heterocycles. The molecule has 40 heavy (non-hydrogen) atoms. The van der Waals surface area contributed by atoms with E-state index < -0.39 is 9.84 Å². The Morgan fingerprint density at radius 3 is 2.48 bits per heavy atom. The summed E-state index contributed by atoms with van der Waals surface area (Å²) in [5.41, 5.74) is 11.9. The maximum atomic E-state index is 11.9. The van der Waals surface area contributed by atoms with Gasteiger partial charge in [-0.2, -0.15) is 5.10 Å². The van der Waals surface area contributed by atoms with Crippen LogP contribution in [0.2, 0.25) is 0 Å². The molecule has 0 spiro atoms. The first-order chi connectivity index (χ1) is 19.4. The third kappa shape index (κ3) is 4.73. The molecule has 1 saturated carbocycles. The molecule has 11 heteroatoms. The summed E-state index contributed by atoms with van der Waals surface area (Å²) in [7, 11) is -2.88. The number of nitrogens with one attached hydrogen (secondary N) is 1. The van der Waals surface area contributed by atoms with Gasteiger partial charge in [-0.05, 0) is 43.4 Å². The summed E-state index contributed by atoms with van der Waals surface area (Å²) < 4.78 is 25.8. The fourth-order valence-electron chi connectivity index (χ4n) is 6.29. The van der Waals surface area contributed by atoms with Crippen molar-refractivity contribution in [1.29, 1.82) is 0 Å². The zero-order chi connectivity index (χ0) is 27.3. The van der Waals surface area contributed by atoms with Crippen LogP contribution in [0.1, 0.15) is 43.1 Å². The van der Waals surface area contributed by atoms with Crippen LogP contribution in [0.25, 0.3) is 33.3 Å². The van der Waals surface area contributed by atoms with Gasteiger partial charge in [-0.25, -0.2) is 28.1 Å². The van der Waals surface area contributed by atoms with E-state index in [0.717, 1.165) is 71.3 Å². The number of aromatic amines is 1. The minimum atomic E-state index is -2.88. The van der Waals surface area contributed by atoms with E-state index in [2.05, 4.69) is 38.1 Å². The molecular weight excluding hydrogens is 524 g/mol. The zero-order valence-electron chi connectivity index (χ0n) is 22.2. The highest BCUT2D eigenvalue weighted by molar-refractivity contribution is 7.91. The van der Waals surface area contributed by atoms with Gasteiger partial charge in [0.1, 0.15) is 23.7 Å². The number of nitrogens with zero attached hydrogens (tertiary/aromatic N) is 6. The molecule has 1 aliphatic heterocycles. The summed E-state index contributed by atoms with van der Waals surface area (Å²) in [6.45, 7) is 1.28. The van der Waals surface area contributed by atoms with E-state index >= 15 is 0 Å². The van der Waals surface area contributed by atoms with E-state index in [1.54, 1.807) is 0 Å². The van der Waals surface area contributed by atoms with Gasteiger partial charge in [0.2, 0.25) is 0 Å². The quantitative estimate of drug-likeness (QED) is 0.334. The Morgan fingerprint density at radius 2 is 1.70 bits per heavy atom. The SMILES string of the molecule is Nc1ncnc2c1c(-c1ccc3nc(Cc4ccccc4)[nH]c3c1)nn2C1CCC(N2CCS(=O)(=O)CC2)CC1. The molecule has 0 bridgehead atoms. The topological polar surface area (TPSA) is 136 Å². The Hall–Kier alpha value is -3.83. The van der Waals surface area contributed by atoms with Crippen LogP contribution in [0.5, 0.6) is 0 Å². The second-order valence-corrected chi connectivity index (χ2v) is 13.3. The van der Waals surface area contributed by atoms with Crippen LogP contribution in [0.15, 0.2) is 54.9 Å². The molecule has 5 aromatic rings. The first-order valence-electron chi connectivity index (χ1n) is 13.9. The monoisotopic (exact) mass is 556 g/mol. The maximum absolute atomic E-state index is 11.9. The van der Waals surface area contributed by atoms with Gasteiger partial charge in [-0.3, -0.25) is 4.90 Å². The highest BCUT2D eigenvalue weighted by atomic mass is 32.2. The summed E-state index contributed by atoms with van der Waals surface area (Å²) in [5.74, 6) is 1.87. The van der Waals surface area contributed by atoms with Crippen LogP contribution in [0.4, 0.5) is 5.82 Å². The molecule has 0 atom stereocenters. The number of imidazole rings is 1. The number of aromatic nitrogens is 6. The summed E-state index contributed by atoms with van der Waals surface area (Å²) in [5, 5.41) is 5.86. The molecule has 2 aliphatic rings. The molecule has 2 fully saturated rings. The first kappa shape index (κ1) is 25.2. The van der Waals surface area contributed by atoms with Gasteiger partial charge in [0, 0.05) is 31.1 Å².